The van der Waals surface area contributed by atoms with Gasteiger partial charge in [-0.15, -0.1) is 15.3 Å². The molecule has 1 fully saturated rings. The van der Waals surface area contributed by atoms with Crippen LogP contribution < -0.4 is 4.90 Å². The molecule has 0 N–H and O–H groups in total. The van der Waals surface area contributed by atoms with Gasteiger partial charge in [0.25, 0.3) is 0 Å². The quantitative estimate of drug-likeness (QED) is 0.679. The van der Waals surface area contributed by atoms with Gasteiger partial charge in [-0.25, -0.2) is 0 Å². The first-order chi connectivity index (χ1) is 9.83. The zero-order chi connectivity index (χ0) is 13.5. The van der Waals surface area contributed by atoms with Crippen LogP contribution in [0.2, 0.25) is 0 Å². The van der Waals surface area contributed by atoms with Crippen molar-refractivity contribution in [2.24, 2.45) is 5.92 Å². The second kappa shape index (κ2) is 4.44. The van der Waals surface area contributed by atoms with Gasteiger partial charge in [0.05, 0.1) is 0 Å². The topological polar surface area (TPSA) is 46.3 Å². The Morgan fingerprint density at radius 2 is 1.85 bits per heavy atom. The molecule has 102 valence electrons. The van der Waals surface area contributed by atoms with E-state index in [9.17, 15) is 0 Å². The Bertz CT molecular complexity index is 755. The minimum Gasteiger partial charge on any atom is -0.355 e. The molecule has 5 nitrogen and oxygen atoms in total. The molecular weight excluding hydrogens is 250 g/mol. The third-order valence-corrected chi connectivity index (χ3v) is 4.22. The van der Waals surface area contributed by atoms with E-state index < -0.39 is 0 Å². The molecule has 1 aliphatic rings. The Kier molecular flexibility index (Phi) is 2.58. The molecule has 1 saturated heterocycles. The molecule has 20 heavy (non-hydrogen) atoms. The second-order valence-corrected chi connectivity index (χ2v) is 5.64. The zero-order valence-electron chi connectivity index (χ0n) is 11.5. The summed E-state index contributed by atoms with van der Waals surface area (Å²) in [5.41, 5.74) is 0.828. The van der Waals surface area contributed by atoms with Crippen LogP contribution in [0.3, 0.4) is 0 Å². The highest BCUT2D eigenvalue weighted by atomic mass is 15.4. The third-order valence-electron chi connectivity index (χ3n) is 4.22. The maximum Gasteiger partial charge on any atom is 0.185 e. The van der Waals surface area contributed by atoms with Crippen LogP contribution in [0.4, 0.5) is 5.82 Å². The van der Waals surface area contributed by atoms with Crippen LogP contribution >= 0.6 is 0 Å². The molecule has 0 saturated carbocycles. The van der Waals surface area contributed by atoms with Crippen LogP contribution in [0.1, 0.15) is 19.8 Å². The van der Waals surface area contributed by atoms with Gasteiger partial charge in [-0.1, -0.05) is 31.2 Å². The van der Waals surface area contributed by atoms with Gasteiger partial charge in [0, 0.05) is 23.9 Å². The average Bonchev–Trinajstić information content (AvgIpc) is 2.96. The first-order valence-electron chi connectivity index (χ1n) is 7.16. The number of fused-ring (bicyclic) bond motifs is 3. The first-order valence-corrected chi connectivity index (χ1v) is 7.16. The third kappa shape index (κ3) is 1.73. The second-order valence-electron chi connectivity index (χ2n) is 5.64. The molecule has 1 aliphatic heterocycles. The van der Waals surface area contributed by atoms with Crippen molar-refractivity contribution in [1.29, 1.82) is 0 Å². The molecule has 1 aromatic carbocycles. The van der Waals surface area contributed by atoms with Crippen molar-refractivity contribution in [3.63, 3.8) is 0 Å². The highest BCUT2D eigenvalue weighted by Gasteiger charge is 2.20. The molecule has 0 unspecified atom stereocenters. The summed E-state index contributed by atoms with van der Waals surface area (Å²) in [6.07, 6.45) is 4.14. The Hall–Kier alpha value is -2.17. The highest BCUT2D eigenvalue weighted by molar-refractivity contribution is 6.00. The van der Waals surface area contributed by atoms with E-state index in [-0.39, 0.29) is 0 Å². The van der Waals surface area contributed by atoms with Gasteiger partial charge in [0.2, 0.25) is 0 Å². The smallest absolute Gasteiger partial charge is 0.185 e. The molecule has 4 rings (SSSR count). The predicted molar refractivity (Wildman–Crippen MR) is 78.9 cm³/mol. The fourth-order valence-electron chi connectivity index (χ4n) is 2.96. The van der Waals surface area contributed by atoms with Crippen LogP contribution in [0.15, 0.2) is 30.6 Å². The summed E-state index contributed by atoms with van der Waals surface area (Å²) in [5.74, 6) is 1.87. The van der Waals surface area contributed by atoms with Crippen LogP contribution in [-0.2, 0) is 0 Å². The van der Waals surface area contributed by atoms with Gasteiger partial charge >= 0.3 is 0 Å². The Labute approximate surface area is 117 Å². The fourth-order valence-corrected chi connectivity index (χ4v) is 2.96. The van der Waals surface area contributed by atoms with Crippen molar-refractivity contribution < 1.29 is 0 Å². The molecule has 0 aliphatic carbocycles. The lowest BCUT2D eigenvalue weighted by Crippen LogP contribution is -2.33. The van der Waals surface area contributed by atoms with E-state index >= 15 is 0 Å². The van der Waals surface area contributed by atoms with Gasteiger partial charge in [-0.2, -0.15) is 4.52 Å². The van der Waals surface area contributed by atoms with Crippen molar-refractivity contribution in [3.05, 3.63) is 30.6 Å². The molecule has 0 amide bonds. The number of hydrogen-bond donors (Lipinski definition) is 0. The molecule has 0 atom stereocenters. The van der Waals surface area contributed by atoms with Gasteiger partial charge in [-0.05, 0) is 18.8 Å². The molecule has 5 heteroatoms. The Morgan fingerprint density at radius 1 is 1.10 bits per heavy atom. The van der Waals surface area contributed by atoms with Crippen molar-refractivity contribution in [3.8, 4) is 0 Å². The number of aromatic nitrogens is 4. The summed E-state index contributed by atoms with van der Waals surface area (Å²) < 4.78 is 1.79. The first kappa shape index (κ1) is 11.6. The number of benzene rings is 1. The summed E-state index contributed by atoms with van der Waals surface area (Å²) in [4.78, 5) is 2.39. The molecule has 3 heterocycles. The van der Waals surface area contributed by atoms with E-state index in [1.54, 1.807) is 10.8 Å². The molecule has 0 radical (unpaired) electrons. The number of piperidine rings is 1. The standard InChI is InChI=1S/C15H17N5/c1-11-6-8-19(9-7-11)15-13-5-3-2-4-12(13)14-17-16-10-20(14)18-15/h2-5,10-11H,6-9H2,1H3. The largest absolute Gasteiger partial charge is 0.355 e. The Morgan fingerprint density at radius 3 is 2.65 bits per heavy atom. The lowest BCUT2D eigenvalue weighted by molar-refractivity contribution is 0.436. The Balaban J connectivity index is 1.92. The van der Waals surface area contributed by atoms with Crippen molar-refractivity contribution in [1.82, 2.24) is 19.8 Å². The van der Waals surface area contributed by atoms with E-state index in [0.29, 0.717) is 0 Å². The molecule has 3 aromatic rings. The summed E-state index contributed by atoms with van der Waals surface area (Å²) in [6, 6.07) is 8.33. The summed E-state index contributed by atoms with van der Waals surface area (Å²) in [5, 5.41) is 15.2. The fraction of sp³-hybridized carbons (Fsp3) is 0.400. The van der Waals surface area contributed by atoms with Crippen molar-refractivity contribution in [2.75, 3.05) is 18.0 Å². The van der Waals surface area contributed by atoms with Crippen LogP contribution in [0.25, 0.3) is 16.4 Å². The van der Waals surface area contributed by atoms with Crippen LogP contribution in [0, 0.1) is 5.92 Å². The minimum absolute atomic E-state index is 0.816. The van der Waals surface area contributed by atoms with Crippen molar-refractivity contribution in [2.45, 2.75) is 19.8 Å². The monoisotopic (exact) mass is 267 g/mol. The van der Waals surface area contributed by atoms with Crippen LogP contribution in [-0.4, -0.2) is 32.9 Å². The minimum atomic E-state index is 0.816. The summed E-state index contributed by atoms with van der Waals surface area (Å²) >= 11 is 0. The zero-order valence-corrected chi connectivity index (χ0v) is 11.5. The molecule has 0 spiro atoms. The normalized spacial score (nSPS) is 17.1. The van der Waals surface area contributed by atoms with E-state index in [2.05, 4.69) is 40.2 Å². The molecular formula is C15H17N5. The lowest BCUT2D eigenvalue weighted by Gasteiger charge is -2.31. The van der Waals surface area contributed by atoms with Gasteiger partial charge in [0.1, 0.15) is 6.33 Å². The maximum absolute atomic E-state index is 4.73. The van der Waals surface area contributed by atoms with Gasteiger partial charge < -0.3 is 4.90 Å². The average molecular weight is 267 g/mol. The number of hydrogen-bond acceptors (Lipinski definition) is 4. The van der Waals surface area contributed by atoms with E-state index in [4.69, 9.17) is 5.10 Å². The van der Waals surface area contributed by atoms with Crippen LogP contribution in [0.5, 0.6) is 0 Å². The lowest BCUT2D eigenvalue weighted by atomic mass is 9.99. The maximum atomic E-state index is 4.73. The van der Waals surface area contributed by atoms with Crippen molar-refractivity contribution >= 4 is 22.2 Å². The number of nitrogens with zero attached hydrogens (tertiary/aromatic N) is 5. The van der Waals surface area contributed by atoms with E-state index in [0.717, 1.165) is 35.9 Å². The van der Waals surface area contributed by atoms with E-state index in [1.165, 1.54) is 18.2 Å². The van der Waals surface area contributed by atoms with E-state index in [1.807, 2.05) is 6.07 Å². The highest BCUT2D eigenvalue weighted by Crippen LogP contribution is 2.29. The summed E-state index contributed by atoms with van der Waals surface area (Å²) in [6.45, 7) is 4.48. The van der Waals surface area contributed by atoms with Gasteiger partial charge in [-0.3, -0.25) is 0 Å². The number of anilines is 1. The summed E-state index contributed by atoms with van der Waals surface area (Å²) in [7, 11) is 0. The molecule has 2 aromatic heterocycles. The van der Waals surface area contributed by atoms with Gasteiger partial charge in [0.15, 0.2) is 11.5 Å². The number of rotatable bonds is 1. The predicted octanol–water partition coefficient (Wildman–Crippen LogP) is 2.51. The molecule has 0 bridgehead atoms. The SMILES string of the molecule is CC1CCN(c2nn3cnnc3c3ccccc23)CC1.